The molecule has 0 aromatic heterocycles. The molecule has 138 valence electrons. The summed E-state index contributed by atoms with van der Waals surface area (Å²) < 4.78 is 33.4. The van der Waals surface area contributed by atoms with Crippen LogP contribution in [0.15, 0.2) is 23.1 Å². The van der Waals surface area contributed by atoms with Crippen molar-refractivity contribution in [3.63, 3.8) is 0 Å². The van der Waals surface area contributed by atoms with Gasteiger partial charge in [0.25, 0.3) is 0 Å². The first-order valence-electron chi connectivity index (χ1n) is 8.91. The van der Waals surface area contributed by atoms with Crippen LogP contribution in [-0.2, 0) is 14.8 Å². The second-order valence-corrected chi connectivity index (χ2v) is 8.80. The molecular weight excluding hydrogens is 340 g/mol. The van der Waals surface area contributed by atoms with Crippen LogP contribution < -0.4 is 10.1 Å². The van der Waals surface area contributed by atoms with Gasteiger partial charge in [0, 0.05) is 25.6 Å². The number of piperidine rings is 1. The van der Waals surface area contributed by atoms with Gasteiger partial charge in [0.2, 0.25) is 15.9 Å². The minimum atomic E-state index is -3.57. The quantitative estimate of drug-likeness (QED) is 0.889. The van der Waals surface area contributed by atoms with Crippen molar-refractivity contribution in [2.75, 3.05) is 19.0 Å². The summed E-state index contributed by atoms with van der Waals surface area (Å²) in [7, 11) is -2.10. The number of benzene rings is 1. The van der Waals surface area contributed by atoms with Gasteiger partial charge < -0.3 is 10.1 Å². The number of fused-ring (bicyclic) bond motifs is 1. The minimum Gasteiger partial charge on any atom is -0.495 e. The lowest BCUT2D eigenvalue weighted by Gasteiger charge is -2.43. The molecule has 6 nitrogen and oxygen atoms in total. The van der Waals surface area contributed by atoms with Crippen molar-refractivity contribution in [1.29, 1.82) is 0 Å². The number of ether oxygens (including phenoxy) is 1. The zero-order valence-electron chi connectivity index (χ0n) is 14.8. The lowest BCUT2D eigenvalue weighted by Crippen LogP contribution is -2.49. The zero-order chi connectivity index (χ0) is 18.0. The number of rotatable bonds is 4. The number of sulfonamides is 1. The fourth-order valence-corrected chi connectivity index (χ4v) is 5.91. The predicted octanol–water partition coefficient (Wildman–Crippen LogP) is 3.00. The molecule has 1 aromatic rings. The normalized spacial score (nSPS) is 24.4. The molecule has 3 rings (SSSR count). The Balaban J connectivity index is 1.92. The number of amides is 1. The summed E-state index contributed by atoms with van der Waals surface area (Å²) in [5, 5.41) is 2.66. The third-order valence-electron chi connectivity index (χ3n) is 5.28. The molecule has 2 atom stereocenters. The first-order chi connectivity index (χ1) is 11.9. The van der Waals surface area contributed by atoms with Crippen LogP contribution in [0.5, 0.6) is 5.75 Å². The summed E-state index contributed by atoms with van der Waals surface area (Å²) in [6.45, 7) is 1.99. The number of nitrogens with one attached hydrogen (secondary N) is 1. The average molecular weight is 366 g/mol. The van der Waals surface area contributed by atoms with E-state index in [0.717, 1.165) is 32.1 Å². The van der Waals surface area contributed by atoms with E-state index in [1.807, 2.05) is 0 Å². The van der Waals surface area contributed by atoms with Gasteiger partial charge in [-0.15, -0.1) is 0 Å². The fraction of sp³-hybridized carbons (Fsp3) is 0.611. The van der Waals surface area contributed by atoms with Crippen molar-refractivity contribution in [1.82, 2.24) is 4.31 Å². The van der Waals surface area contributed by atoms with E-state index in [1.165, 1.54) is 26.5 Å². The first kappa shape index (κ1) is 18.2. The van der Waals surface area contributed by atoms with Crippen LogP contribution in [0.3, 0.4) is 0 Å². The van der Waals surface area contributed by atoms with Crippen molar-refractivity contribution in [2.24, 2.45) is 5.92 Å². The Hall–Kier alpha value is -1.60. The molecule has 1 aliphatic carbocycles. The third kappa shape index (κ3) is 3.67. The molecular formula is C18H26N2O4S. The Labute approximate surface area is 149 Å². The van der Waals surface area contributed by atoms with Gasteiger partial charge in [0.05, 0.1) is 17.7 Å². The summed E-state index contributed by atoms with van der Waals surface area (Å²) in [4.78, 5) is 11.5. The van der Waals surface area contributed by atoms with Gasteiger partial charge in [-0.3, -0.25) is 4.79 Å². The summed E-state index contributed by atoms with van der Waals surface area (Å²) in [6.07, 6.45) is 6.42. The standard InChI is InChI=1S/C18H26N2O4S/c1-13(21)19-16-10-9-15(12-18(16)24-2)25(22,23)20-11-5-7-14-6-3-4-8-17(14)20/h9-10,12,14,17H,3-8,11H2,1-2H3,(H,19,21)/t14-,17+/m1/s1. The summed E-state index contributed by atoms with van der Waals surface area (Å²) >= 11 is 0. The van der Waals surface area contributed by atoms with Crippen LogP contribution in [0.1, 0.15) is 45.4 Å². The molecule has 2 fully saturated rings. The Morgan fingerprint density at radius 1 is 1.20 bits per heavy atom. The molecule has 1 saturated carbocycles. The summed E-state index contributed by atoms with van der Waals surface area (Å²) in [5.41, 5.74) is 0.475. The Morgan fingerprint density at radius 3 is 2.64 bits per heavy atom. The molecule has 1 N–H and O–H groups in total. The van der Waals surface area contributed by atoms with Crippen molar-refractivity contribution in [3.8, 4) is 5.75 Å². The van der Waals surface area contributed by atoms with Crippen molar-refractivity contribution < 1.29 is 17.9 Å². The van der Waals surface area contributed by atoms with Crippen LogP contribution in [0.4, 0.5) is 5.69 Å². The first-order valence-corrected chi connectivity index (χ1v) is 10.3. The molecule has 0 radical (unpaired) electrons. The smallest absolute Gasteiger partial charge is 0.243 e. The van der Waals surface area contributed by atoms with Crippen molar-refractivity contribution >= 4 is 21.6 Å². The molecule has 1 aliphatic heterocycles. The highest BCUT2D eigenvalue weighted by Crippen LogP contribution is 2.39. The van der Waals surface area contributed by atoms with E-state index in [0.29, 0.717) is 23.9 Å². The number of anilines is 1. The lowest BCUT2D eigenvalue weighted by atomic mass is 9.79. The fourth-order valence-electron chi connectivity index (χ4n) is 4.14. The third-order valence-corrected chi connectivity index (χ3v) is 7.20. The van der Waals surface area contributed by atoms with Gasteiger partial charge >= 0.3 is 0 Å². The molecule has 0 bridgehead atoms. The molecule has 0 spiro atoms. The Morgan fingerprint density at radius 2 is 1.92 bits per heavy atom. The van der Waals surface area contributed by atoms with Crippen LogP contribution in [0.25, 0.3) is 0 Å². The molecule has 1 aromatic carbocycles. The zero-order valence-corrected chi connectivity index (χ0v) is 15.6. The SMILES string of the molecule is COc1cc(S(=O)(=O)N2CCC[C@H]3CCCC[C@@H]32)ccc1NC(C)=O. The van der Waals surface area contributed by atoms with E-state index in [9.17, 15) is 13.2 Å². The van der Waals surface area contributed by atoms with Crippen molar-refractivity contribution in [3.05, 3.63) is 18.2 Å². The van der Waals surface area contributed by atoms with Gasteiger partial charge in [-0.25, -0.2) is 8.42 Å². The lowest BCUT2D eigenvalue weighted by molar-refractivity contribution is -0.114. The molecule has 0 unspecified atom stereocenters. The van der Waals surface area contributed by atoms with Gasteiger partial charge in [-0.2, -0.15) is 4.31 Å². The second-order valence-electron chi connectivity index (χ2n) is 6.91. The molecule has 7 heteroatoms. The van der Waals surface area contributed by atoms with Gasteiger partial charge in [0.15, 0.2) is 0 Å². The van der Waals surface area contributed by atoms with Crippen LogP contribution in [0.2, 0.25) is 0 Å². The monoisotopic (exact) mass is 366 g/mol. The van der Waals surface area contributed by atoms with E-state index in [1.54, 1.807) is 16.4 Å². The van der Waals surface area contributed by atoms with E-state index in [2.05, 4.69) is 5.32 Å². The molecule has 1 saturated heterocycles. The predicted molar refractivity (Wildman–Crippen MR) is 96.2 cm³/mol. The molecule has 25 heavy (non-hydrogen) atoms. The van der Waals surface area contributed by atoms with E-state index < -0.39 is 10.0 Å². The summed E-state index contributed by atoms with van der Waals surface area (Å²) in [5.74, 6) is 0.612. The van der Waals surface area contributed by atoms with Gasteiger partial charge in [-0.05, 0) is 43.7 Å². The molecule has 1 amide bonds. The minimum absolute atomic E-state index is 0.119. The van der Waals surface area contributed by atoms with Crippen LogP contribution in [0, 0.1) is 5.92 Å². The van der Waals surface area contributed by atoms with Gasteiger partial charge in [0.1, 0.15) is 5.75 Å². The van der Waals surface area contributed by atoms with E-state index in [-0.39, 0.29) is 16.8 Å². The Kier molecular flexibility index (Phi) is 5.34. The number of nitrogens with zero attached hydrogens (tertiary/aromatic N) is 1. The van der Waals surface area contributed by atoms with Crippen LogP contribution >= 0.6 is 0 Å². The summed E-state index contributed by atoms with van der Waals surface area (Å²) in [6, 6.07) is 4.77. The number of carbonyl (C=O) groups is 1. The highest BCUT2D eigenvalue weighted by atomic mass is 32.2. The largest absolute Gasteiger partial charge is 0.495 e. The maximum atomic E-state index is 13.2. The second kappa shape index (κ2) is 7.33. The highest BCUT2D eigenvalue weighted by molar-refractivity contribution is 7.89. The Bertz CT molecular complexity index is 745. The number of hydrogen-bond donors (Lipinski definition) is 1. The number of methoxy groups -OCH3 is 1. The topological polar surface area (TPSA) is 75.7 Å². The maximum Gasteiger partial charge on any atom is 0.243 e. The molecule has 1 heterocycles. The van der Waals surface area contributed by atoms with Crippen LogP contribution in [-0.4, -0.2) is 38.3 Å². The number of carbonyl (C=O) groups excluding carboxylic acids is 1. The highest BCUT2D eigenvalue weighted by Gasteiger charge is 2.40. The van der Waals surface area contributed by atoms with E-state index in [4.69, 9.17) is 4.74 Å². The van der Waals surface area contributed by atoms with E-state index >= 15 is 0 Å². The maximum absolute atomic E-state index is 13.2. The average Bonchev–Trinajstić information content (AvgIpc) is 2.61. The van der Waals surface area contributed by atoms with Crippen molar-refractivity contribution in [2.45, 2.75) is 56.4 Å². The van der Waals surface area contributed by atoms with Gasteiger partial charge in [-0.1, -0.05) is 12.8 Å². The molecule has 2 aliphatic rings. The number of hydrogen-bond acceptors (Lipinski definition) is 4.